The zero-order valence-electron chi connectivity index (χ0n) is 13.6. The van der Waals surface area contributed by atoms with Crippen molar-refractivity contribution in [2.75, 3.05) is 26.6 Å². The van der Waals surface area contributed by atoms with Gasteiger partial charge in [0.05, 0.1) is 21.3 Å². The van der Waals surface area contributed by atoms with E-state index < -0.39 is 5.97 Å². The van der Waals surface area contributed by atoms with Crippen LogP contribution >= 0.6 is 0 Å². The van der Waals surface area contributed by atoms with Crippen LogP contribution in [0.5, 0.6) is 17.2 Å². The van der Waals surface area contributed by atoms with Crippen molar-refractivity contribution < 1.29 is 24.1 Å². The van der Waals surface area contributed by atoms with Crippen LogP contribution in [0.3, 0.4) is 0 Å². The van der Waals surface area contributed by atoms with Gasteiger partial charge in [-0.1, -0.05) is 0 Å². The van der Waals surface area contributed by atoms with E-state index in [0.29, 0.717) is 34.3 Å². The van der Waals surface area contributed by atoms with Crippen LogP contribution < -0.4 is 19.5 Å². The summed E-state index contributed by atoms with van der Waals surface area (Å²) in [6.07, 6.45) is 4.13. The average molecular weight is 330 g/mol. The van der Waals surface area contributed by atoms with Gasteiger partial charge >= 0.3 is 5.97 Å². The van der Waals surface area contributed by atoms with Crippen molar-refractivity contribution in [3.05, 3.63) is 42.1 Å². The molecule has 0 aliphatic rings. The van der Waals surface area contributed by atoms with Gasteiger partial charge in [-0.15, -0.1) is 0 Å². The van der Waals surface area contributed by atoms with Crippen molar-refractivity contribution >= 4 is 23.6 Å². The van der Waals surface area contributed by atoms with Crippen LogP contribution in [0.1, 0.15) is 5.56 Å². The Balaban J connectivity index is 2.40. The van der Waals surface area contributed by atoms with Crippen LogP contribution in [0.25, 0.3) is 6.08 Å². The van der Waals surface area contributed by atoms with Crippen LogP contribution in [-0.4, -0.2) is 37.4 Å². The second-order valence-electron chi connectivity index (χ2n) is 4.65. The van der Waals surface area contributed by atoms with Gasteiger partial charge in [0.1, 0.15) is 5.82 Å². The first-order chi connectivity index (χ1) is 11.6. The third-order valence-electron chi connectivity index (χ3n) is 3.17. The van der Waals surface area contributed by atoms with E-state index >= 15 is 0 Å². The fraction of sp³-hybridized carbons (Fsp3) is 0.176. The lowest BCUT2D eigenvalue weighted by atomic mass is 10.2. The molecule has 1 heterocycles. The Bertz CT molecular complexity index is 733. The molecule has 2 N–H and O–H groups in total. The first-order valence-corrected chi connectivity index (χ1v) is 7.02. The van der Waals surface area contributed by atoms with Gasteiger partial charge in [-0.05, 0) is 18.2 Å². The van der Waals surface area contributed by atoms with E-state index in [1.807, 2.05) is 0 Å². The third kappa shape index (κ3) is 3.95. The molecule has 0 amide bonds. The minimum atomic E-state index is -1.03. The summed E-state index contributed by atoms with van der Waals surface area (Å²) in [4.78, 5) is 14.9. The molecule has 0 aliphatic carbocycles. The Hall–Kier alpha value is -3.22. The third-order valence-corrected chi connectivity index (χ3v) is 3.17. The lowest BCUT2D eigenvalue weighted by molar-refractivity contribution is -0.131. The van der Waals surface area contributed by atoms with Gasteiger partial charge in [0.15, 0.2) is 11.5 Å². The van der Waals surface area contributed by atoms with E-state index in [1.54, 1.807) is 30.5 Å². The predicted molar refractivity (Wildman–Crippen MR) is 90.3 cm³/mol. The predicted octanol–water partition coefficient (Wildman–Crippen LogP) is 2.95. The molecule has 2 aromatic rings. The van der Waals surface area contributed by atoms with Crippen molar-refractivity contribution in [1.82, 2.24) is 4.98 Å². The topological polar surface area (TPSA) is 89.9 Å². The Kier molecular flexibility index (Phi) is 5.62. The number of hydrogen-bond donors (Lipinski definition) is 2. The smallest absolute Gasteiger partial charge is 0.328 e. The molecule has 0 unspecified atom stereocenters. The number of ether oxygens (including phenoxy) is 3. The lowest BCUT2D eigenvalue weighted by Gasteiger charge is -2.15. The summed E-state index contributed by atoms with van der Waals surface area (Å²) in [6, 6.07) is 6.95. The van der Waals surface area contributed by atoms with Gasteiger partial charge in [-0.3, -0.25) is 0 Å². The number of carboxylic acids is 1. The second kappa shape index (κ2) is 7.87. The Morgan fingerprint density at radius 3 is 2.38 bits per heavy atom. The normalized spacial score (nSPS) is 10.5. The molecule has 1 aromatic heterocycles. The van der Waals surface area contributed by atoms with E-state index in [2.05, 4.69) is 10.3 Å². The van der Waals surface area contributed by atoms with Crippen LogP contribution in [-0.2, 0) is 4.79 Å². The van der Waals surface area contributed by atoms with E-state index in [9.17, 15) is 4.79 Å². The number of carbonyl (C=O) groups is 1. The standard InChI is InChI=1S/C17H18N2O5/c1-22-13-9-12(10-14(23-2)16(13)24-3)19-17-11(5-4-8-18-17)6-7-15(20)21/h4-10H,1-3H3,(H,18,19)(H,20,21)/b7-6+. The molecule has 1 aromatic carbocycles. The molecule has 0 saturated carbocycles. The Labute approximate surface area is 139 Å². The summed E-state index contributed by atoms with van der Waals surface area (Å²) in [6.45, 7) is 0. The maximum Gasteiger partial charge on any atom is 0.328 e. The molecule has 24 heavy (non-hydrogen) atoms. The number of benzene rings is 1. The number of aromatic nitrogens is 1. The maximum atomic E-state index is 10.7. The van der Waals surface area contributed by atoms with Gasteiger partial charge in [-0.25, -0.2) is 9.78 Å². The first-order valence-electron chi connectivity index (χ1n) is 7.02. The molecule has 0 fully saturated rings. The van der Waals surface area contributed by atoms with E-state index in [-0.39, 0.29) is 0 Å². The summed E-state index contributed by atoms with van der Waals surface area (Å²) in [5.41, 5.74) is 1.29. The highest BCUT2D eigenvalue weighted by atomic mass is 16.5. The number of hydrogen-bond acceptors (Lipinski definition) is 6. The largest absolute Gasteiger partial charge is 0.493 e. The minimum Gasteiger partial charge on any atom is -0.493 e. The van der Waals surface area contributed by atoms with Gasteiger partial charge in [0.2, 0.25) is 5.75 Å². The van der Waals surface area contributed by atoms with E-state index in [4.69, 9.17) is 19.3 Å². The first kappa shape index (κ1) is 17.1. The van der Waals surface area contributed by atoms with Gasteiger partial charge in [0, 0.05) is 35.7 Å². The monoisotopic (exact) mass is 330 g/mol. The minimum absolute atomic E-state index is 0.484. The van der Waals surface area contributed by atoms with Crippen LogP contribution in [0.4, 0.5) is 11.5 Å². The van der Waals surface area contributed by atoms with Crippen LogP contribution in [0.15, 0.2) is 36.5 Å². The van der Waals surface area contributed by atoms with Crippen molar-refractivity contribution in [2.45, 2.75) is 0 Å². The highest BCUT2D eigenvalue weighted by Gasteiger charge is 2.14. The molecule has 126 valence electrons. The lowest BCUT2D eigenvalue weighted by Crippen LogP contribution is -2.00. The van der Waals surface area contributed by atoms with Crippen molar-refractivity contribution in [2.24, 2.45) is 0 Å². The number of anilines is 2. The molecular formula is C17H18N2O5. The number of nitrogens with one attached hydrogen (secondary N) is 1. The summed E-state index contributed by atoms with van der Waals surface area (Å²) in [5, 5.41) is 11.9. The Morgan fingerprint density at radius 2 is 1.83 bits per heavy atom. The summed E-state index contributed by atoms with van der Waals surface area (Å²) < 4.78 is 15.9. The van der Waals surface area contributed by atoms with Crippen LogP contribution in [0, 0.1) is 0 Å². The molecule has 0 spiro atoms. The highest BCUT2D eigenvalue weighted by Crippen LogP contribution is 2.40. The SMILES string of the molecule is COc1cc(Nc2ncccc2/C=C/C(=O)O)cc(OC)c1OC. The number of rotatable bonds is 7. The van der Waals surface area contributed by atoms with Crippen molar-refractivity contribution in [3.8, 4) is 17.2 Å². The molecule has 0 radical (unpaired) electrons. The number of pyridine rings is 1. The number of methoxy groups -OCH3 is 3. The number of aliphatic carboxylic acids is 1. The molecule has 2 rings (SSSR count). The average Bonchev–Trinajstić information content (AvgIpc) is 2.59. The molecule has 0 saturated heterocycles. The van der Waals surface area contributed by atoms with Crippen molar-refractivity contribution in [1.29, 1.82) is 0 Å². The Morgan fingerprint density at radius 1 is 1.17 bits per heavy atom. The molecule has 0 atom stereocenters. The quantitative estimate of drug-likeness (QED) is 0.754. The zero-order chi connectivity index (χ0) is 17.5. The maximum absolute atomic E-state index is 10.7. The van der Waals surface area contributed by atoms with Crippen molar-refractivity contribution in [3.63, 3.8) is 0 Å². The summed E-state index contributed by atoms with van der Waals surface area (Å²) in [5.74, 6) is 0.954. The second-order valence-corrected chi connectivity index (χ2v) is 4.65. The van der Waals surface area contributed by atoms with Crippen LogP contribution in [0.2, 0.25) is 0 Å². The molecular weight excluding hydrogens is 312 g/mol. The number of carboxylic acid groups (broad SMARTS) is 1. The fourth-order valence-corrected chi connectivity index (χ4v) is 2.11. The summed E-state index contributed by atoms with van der Waals surface area (Å²) >= 11 is 0. The number of nitrogens with zero attached hydrogens (tertiary/aromatic N) is 1. The zero-order valence-corrected chi connectivity index (χ0v) is 13.6. The molecule has 7 heteroatoms. The fourth-order valence-electron chi connectivity index (χ4n) is 2.11. The molecule has 7 nitrogen and oxygen atoms in total. The van der Waals surface area contributed by atoms with Gasteiger partial charge < -0.3 is 24.6 Å². The van der Waals surface area contributed by atoms with Gasteiger partial charge in [-0.2, -0.15) is 0 Å². The van der Waals surface area contributed by atoms with Gasteiger partial charge in [0.25, 0.3) is 0 Å². The summed E-state index contributed by atoms with van der Waals surface area (Å²) in [7, 11) is 4.59. The highest BCUT2D eigenvalue weighted by molar-refractivity contribution is 5.87. The molecule has 0 bridgehead atoms. The molecule has 0 aliphatic heterocycles. The van der Waals surface area contributed by atoms with E-state index in [1.165, 1.54) is 27.4 Å². The van der Waals surface area contributed by atoms with E-state index in [0.717, 1.165) is 6.08 Å².